The summed E-state index contributed by atoms with van der Waals surface area (Å²) in [6.07, 6.45) is 0.178. The van der Waals surface area contributed by atoms with Crippen molar-refractivity contribution in [2.24, 2.45) is 0 Å². The third kappa shape index (κ3) is 3.76. The van der Waals surface area contributed by atoms with Gasteiger partial charge in [-0.3, -0.25) is 4.79 Å². The summed E-state index contributed by atoms with van der Waals surface area (Å²) >= 11 is 0. The lowest BCUT2D eigenvalue weighted by Gasteiger charge is -2.35. The van der Waals surface area contributed by atoms with E-state index in [0.717, 1.165) is 16.9 Å². The maximum Gasteiger partial charge on any atom is 0.200 e. The second kappa shape index (κ2) is 7.68. The highest BCUT2D eigenvalue weighted by atomic mass is 16.5. The highest BCUT2D eigenvalue weighted by molar-refractivity contribution is 5.82. The molecule has 0 spiro atoms. The largest absolute Gasteiger partial charge is 0.488 e. The van der Waals surface area contributed by atoms with Gasteiger partial charge in [0.1, 0.15) is 17.9 Å². The van der Waals surface area contributed by atoms with E-state index in [1.54, 1.807) is 12.1 Å². The molecule has 2 aromatic carbocycles. The smallest absolute Gasteiger partial charge is 0.200 e. The summed E-state index contributed by atoms with van der Waals surface area (Å²) in [5, 5.41) is 0.572. The van der Waals surface area contributed by atoms with Crippen molar-refractivity contribution < 1.29 is 13.9 Å². The van der Waals surface area contributed by atoms with E-state index in [4.69, 9.17) is 13.9 Å². The summed E-state index contributed by atoms with van der Waals surface area (Å²) < 4.78 is 18.0. The van der Waals surface area contributed by atoms with Gasteiger partial charge in [0.15, 0.2) is 11.3 Å². The van der Waals surface area contributed by atoms with Crippen LogP contribution in [0.5, 0.6) is 5.75 Å². The molecule has 0 saturated carbocycles. The van der Waals surface area contributed by atoms with Gasteiger partial charge >= 0.3 is 0 Å². The number of hydrogen-bond donors (Lipinski definition) is 0. The fraction of sp³-hybridized carbons (Fsp3) is 0.348. The fourth-order valence-electron chi connectivity index (χ4n) is 3.73. The predicted octanol–water partition coefficient (Wildman–Crippen LogP) is 4.29. The molecule has 1 fully saturated rings. The van der Waals surface area contributed by atoms with Gasteiger partial charge in [0.25, 0.3) is 0 Å². The highest BCUT2D eigenvalue weighted by Crippen LogP contribution is 2.30. The molecule has 1 aliphatic heterocycles. The van der Waals surface area contributed by atoms with Gasteiger partial charge in [0, 0.05) is 24.7 Å². The third-order valence-corrected chi connectivity index (χ3v) is 5.05. The highest BCUT2D eigenvalue weighted by Gasteiger charge is 2.25. The molecule has 0 aliphatic carbocycles. The number of aryl methyl sites for hydroxylation is 1. The van der Waals surface area contributed by atoms with E-state index in [1.807, 2.05) is 57.2 Å². The standard InChI is InChI=1S/C23H25NO4/c1-15-12-24(13-16(2)27-15)22-11-20(25)19-9-10-21(17(3)23(19)28-22)26-14-18-7-5-4-6-8-18/h4-11,15-16H,12-14H2,1-3H3. The normalized spacial score (nSPS) is 19.8. The molecule has 0 amide bonds. The topological polar surface area (TPSA) is 51.9 Å². The van der Waals surface area contributed by atoms with E-state index in [-0.39, 0.29) is 17.6 Å². The lowest BCUT2D eigenvalue weighted by molar-refractivity contribution is -0.00638. The second-order valence-corrected chi connectivity index (χ2v) is 7.45. The van der Waals surface area contributed by atoms with Crippen molar-refractivity contribution >= 4 is 16.9 Å². The van der Waals surface area contributed by atoms with Crippen LogP contribution in [-0.4, -0.2) is 25.3 Å². The summed E-state index contributed by atoms with van der Waals surface area (Å²) in [4.78, 5) is 14.8. The molecule has 1 aliphatic rings. The van der Waals surface area contributed by atoms with Crippen LogP contribution in [0.25, 0.3) is 11.0 Å². The first-order valence-electron chi connectivity index (χ1n) is 9.66. The molecule has 1 aromatic heterocycles. The molecule has 2 atom stereocenters. The molecule has 5 nitrogen and oxygen atoms in total. The SMILES string of the molecule is Cc1c(OCc2ccccc2)ccc2c(=O)cc(N3CC(C)OC(C)C3)oc12. The Labute approximate surface area is 164 Å². The zero-order chi connectivity index (χ0) is 19.7. The summed E-state index contributed by atoms with van der Waals surface area (Å²) in [5.74, 6) is 1.31. The van der Waals surface area contributed by atoms with Gasteiger partial charge in [-0.15, -0.1) is 0 Å². The van der Waals surface area contributed by atoms with E-state index in [0.29, 0.717) is 36.5 Å². The molecule has 28 heavy (non-hydrogen) atoms. The Morgan fingerprint density at radius 2 is 1.79 bits per heavy atom. The quantitative estimate of drug-likeness (QED) is 0.677. The Morgan fingerprint density at radius 3 is 2.50 bits per heavy atom. The van der Waals surface area contributed by atoms with Crippen LogP contribution in [0.4, 0.5) is 5.88 Å². The van der Waals surface area contributed by atoms with Crippen molar-refractivity contribution in [2.75, 3.05) is 18.0 Å². The van der Waals surface area contributed by atoms with Gasteiger partial charge in [-0.25, -0.2) is 0 Å². The molecular weight excluding hydrogens is 354 g/mol. The number of fused-ring (bicyclic) bond motifs is 1. The van der Waals surface area contributed by atoms with Crippen molar-refractivity contribution in [3.63, 3.8) is 0 Å². The molecular formula is C23H25NO4. The van der Waals surface area contributed by atoms with Gasteiger partial charge in [-0.1, -0.05) is 30.3 Å². The van der Waals surface area contributed by atoms with Crippen LogP contribution in [0, 0.1) is 6.92 Å². The number of morpholine rings is 1. The Kier molecular flexibility index (Phi) is 5.09. The lowest BCUT2D eigenvalue weighted by atomic mass is 10.1. The Balaban J connectivity index is 1.67. The number of ether oxygens (including phenoxy) is 2. The summed E-state index contributed by atoms with van der Waals surface area (Å²) in [6, 6.07) is 15.2. The summed E-state index contributed by atoms with van der Waals surface area (Å²) in [6.45, 7) is 7.85. The zero-order valence-corrected chi connectivity index (χ0v) is 16.5. The minimum absolute atomic E-state index is 0.0410. The molecule has 2 unspecified atom stereocenters. The van der Waals surface area contributed by atoms with Crippen molar-refractivity contribution in [1.82, 2.24) is 0 Å². The van der Waals surface area contributed by atoms with Gasteiger partial charge in [0.05, 0.1) is 17.6 Å². The van der Waals surface area contributed by atoms with Crippen molar-refractivity contribution in [1.29, 1.82) is 0 Å². The minimum atomic E-state index is -0.0410. The number of rotatable bonds is 4. The Hall–Kier alpha value is -2.79. The van der Waals surface area contributed by atoms with E-state index in [1.165, 1.54) is 0 Å². The van der Waals surface area contributed by atoms with Crippen LogP contribution in [0.2, 0.25) is 0 Å². The predicted molar refractivity (Wildman–Crippen MR) is 110 cm³/mol. The first-order valence-corrected chi connectivity index (χ1v) is 9.66. The first-order chi connectivity index (χ1) is 13.5. The van der Waals surface area contributed by atoms with Crippen LogP contribution in [-0.2, 0) is 11.3 Å². The number of nitrogens with zero attached hydrogens (tertiary/aromatic N) is 1. The van der Waals surface area contributed by atoms with Gasteiger partial charge in [0.2, 0.25) is 0 Å². The Bertz CT molecular complexity index is 1020. The van der Waals surface area contributed by atoms with Crippen molar-refractivity contribution in [3.05, 3.63) is 69.9 Å². The lowest BCUT2D eigenvalue weighted by Crippen LogP contribution is -2.45. The fourth-order valence-corrected chi connectivity index (χ4v) is 3.73. The number of benzene rings is 2. The van der Waals surface area contributed by atoms with Crippen LogP contribution in [0.3, 0.4) is 0 Å². The minimum Gasteiger partial charge on any atom is -0.488 e. The molecule has 4 rings (SSSR count). The zero-order valence-electron chi connectivity index (χ0n) is 16.5. The van der Waals surface area contributed by atoms with Crippen molar-refractivity contribution in [2.45, 2.75) is 39.6 Å². The molecule has 2 heterocycles. The third-order valence-electron chi connectivity index (χ3n) is 5.05. The van der Waals surface area contributed by atoms with Crippen LogP contribution in [0.15, 0.2) is 57.7 Å². The van der Waals surface area contributed by atoms with E-state index < -0.39 is 0 Å². The van der Waals surface area contributed by atoms with E-state index in [2.05, 4.69) is 4.90 Å². The van der Waals surface area contributed by atoms with Crippen LogP contribution < -0.4 is 15.1 Å². The number of anilines is 1. The molecule has 5 heteroatoms. The monoisotopic (exact) mass is 379 g/mol. The van der Waals surface area contributed by atoms with E-state index in [9.17, 15) is 4.79 Å². The van der Waals surface area contributed by atoms with Gasteiger partial charge in [-0.2, -0.15) is 0 Å². The first kappa shape index (κ1) is 18.6. The maximum absolute atomic E-state index is 12.7. The molecule has 0 N–H and O–H groups in total. The van der Waals surface area contributed by atoms with Gasteiger partial charge in [-0.05, 0) is 38.5 Å². The second-order valence-electron chi connectivity index (χ2n) is 7.45. The molecule has 0 radical (unpaired) electrons. The van der Waals surface area contributed by atoms with Gasteiger partial charge < -0.3 is 18.8 Å². The Morgan fingerprint density at radius 1 is 1.07 bits per heavy atom. The average molecular weight is 379 g/mol. The summed E-state index contributed by atoms with van der Waals surface area (Å²) in [7, 11) is 0. The molecule has 1 saturated heterocycles. The van der Waals surface area contributed by atoms with Crippen molar-refractivity contribution in [3.8, 4) is 5.75 Å². The maximum atomic E-state index is 12.7. The molecule has 3 aromatic rings. The number of hydrogen-bond acceptors (Lipinski definition) is 5. The summed E-state index contributed by atoms with van der Waals surface area (Å²) in [5.41, 5.74) is 2.47. The molecule has 0 bridgehead atoms. The average Bonchev–Trinajstić information content (AvgIpc) is 2.68. The molecule has 146 valence electrons. The van der Waals surface area contributed by atoms with E-state index >= 15 is 0 Å². The van der Waals surface area contributed by atoms with Crippen LogP contribution in [0.1, 0.15) is 25.0 Å². The van der Waals surface area contributed by atoms with Crippen LogP contribution >= 0.6 is 0 Å².